The molecule has 0 bridgehead atoms. The Labute approximate surface area is 145 Å². The van der Waals surface area contributed by atoms with Crippen LogP contribution in [0.15, 0.2) is 54.6 Å². The van der Waals surface area contributed by atoms with E-state index in [4.69, 9.17) is 0 Å². The van der Waals surface area contributed by atoms with E-state index in [0.717, 1.165) is 0 Å². The molecule has 6 heteroatoms. The van der Waals surface area contributed by atoms with Gasteiger partial charge in [-0.05, 0) is 36.8 Å². The highest BCUT2D eigenvalue weighted by Crippen LogP contribution is 2.23. The molecule has 25 heavy (non-hydrogen) atoms. The maximum atomic E-state index is 12.8. The fourth-order valence-electron chi connectivity index (χ4n) is 2.36. The summed E-state index contributed by atoms with van der Waals surface area (Å²) in [6.07, 6.45) is -0.0804. The topological polar surface area (TPSA) is 78.4 Å². The fraction of sp³-hybridized carbons (Fsp3) is 0.263. The van der Waals surface area contributed by atoms with Gasteiger partial charge < -0.3 is 15.7 Å². The van der Waals surface area contributed by atoms with Crippen molar-refractivity contribution in [2.45, 2.75) is 18.9 Å². The molecule has 2 amide bonds. The van der Waals surface area contributed by atoms with Crippen LogP contribution in [0.3, 0.4) is 0 Å². The van der Waals surface area contributed by atoms with Crippen molar-refractivity contribution in [3.05, 3.63) is 71.5 Å². The molecule has 0 saturated carbocycles. The van der Waals surface area contributed by atoms with Crippen LogP contribution in [0.4, 0.5) is 4.39 Å². The first-order chi connectivity index (χ1) is 11.9. The minimum atomic E-state index is -1.26. The van der Waals surface area contributed by atoms with Crippen molar-refractivity contribution >= 4 is 11.8 Å². The minimum absolute atomic E-state index is 0.0804. The highest BCUT2D eigenvalue weighted by molar-refractivity contribution is 5.94. The Hall–Kier alpha value is -2.73. The van der Waals surface area contributed by atoms with E-state index in [1.807, 2.05) is 6.07 Å². The van der Waals surface area contributed by atoms with Crippen LogP contribution in [-0.4, -0.2) is 30.0 Å². The molecule has 0 aliphatic heterocycles. The number of hydrogen-bond acceptors (Lipinski definition) is 3. The van der Waals surface area contributed by atoms with Gasteiger partial charge in [-0.1, -0.05) is 30.3 Å². The zero-order valence-corrected chi connectivity index (χ0v) is 14.0. The van der Waals surface area contributed by atoms with Crippen LogP contribution in [0.5, 0.6) is 0 Å². The maximum absolute atomic E-state index is 12.8. The van der Waals surface area contributed by atoms with Gasteiger partial charge in [-0.2, -0.15) is 0 Å². The number of benzene rings is 2. The molecule has 0 heterocycles. The quantitative estimate of drug-likeness (QED) is 0.672. The second kappa shape index (κ2) is 8.39. The molecule has 5 nitrogen and oxygen atoms in total. The van der Waals surface area contributed by atoms with E-state index in [9.17, 15) is 19.1 Å². The average molecular weight is 344 g/mol. The van der Waals surface area contributed by atoms with Crippen LogP contribution in [-0.2, 0) is 10.4 Å². The van der Waals surface area contributed by atoms with E-state index in [-0.39, 0.29) is 31.3 Å². The van der Waals surface area contributed by atoms with Gasteiger partial charge in [0.15, 0.2) is 0 Å². The van der Waals surface area contributed by atoms with Crippen molar-refractivity contribution in [2.24, 2.45) is 0 Å². The summed E-state index contributed by atoms with van der Waals surface area (Å²) in [4.78, 5) is 23.8. The third-order valence-electron chi connectivity index (χ3n) is 3.74. The summed E-state index contributed by atoms with van der Waals surface area (Å²) in [5.74, 6) is -1.07. The second-order valence-corrected chi connectivity index (χ2v) is 5.93. The van der Waals surface area contributed by atoms with E-state index in [0.29, 0.717) is 11.1 Å². The van der Waals surface area contributed by atoms with Crippen molar-refractivity contribution < 1.29 is 19.1 Å². The van der Waals surface area contributed by atoms with Crippen molar-refractivity contribution in [1.29, 1.82) is 0 Å². The molecular formula is C19H21FN2O3. The molecule has 3 N–H and O–H groups in total. The lowest BCUT2D eigenvalue weighted by Crippen LogP contribution is -2.37. The predicted octanol–water partition coefficient (Wildman–Crippen LogP) is 1.97. The Balaban J connectivity index is 1.73. The zero-order valence-electron chi connectivity index (χ0n) is 14.0. The maximum Gasteiger partial charge on any atom is 0.251 e. The third-order valence-corrected chi connectivity index (χ3v) is 3.74. The smallest absolute Gasteiger partial charge is 0.251 e. The Morgan fingerprint density at radius 3 is 2.24 bits per heavy atom. The molecule has 0 radical (unpaired) electrons. The zero-order chi connectivity index (χ0) is 18.3. The molecule has 1 unspecified atom stereocenters. The normalized spacial score (nSPS) is 12.9. The summed E-state index contributed by atoms with van der Waals surface area (Å²) >= 11 is 0. The number of aliphatic hydroxyl groups is 1. The minimum Gasteiger partial charge on any atom is -0.385 e. The number of halogens is 1. The number of rotatable bonds is 7. The SMILES string of the molecule is CC(O)(CC(=O)NCCNC(=O)c1ccc(F)cc1)c1ccccc1. The summed E-state index contributed by atoms with van der Waals surface area (Å²) in [6, 6.07) is 14.2. The monoisotopic (exact) mass is 344 g/mol. The Morgan fingerprint density at radius 2 is 1.60 bits per heavy atom. The molecule has 2 aromatic carbocycles. The lowest BCUT2D eigenvalue weighted by atomic mass is 9.92. The molecule has 0 spiro atoms. The van der Waals surface area contributed by atoms with Gasteiger partial charge in [-0.25, -0.2) is 4.39 Å². The second-order valence-electron chi connectivity index (χ2n) is 5.93. The Kier molecular flexibility index (Phi) is 6.25. The molecular weight excluding hydrogens is 323 g/mol. The van der Waals surface area contributed by atoms with Crippen molar-refractivity contribution in [1.82, 2.24) is 10.6 Å². The average Bonchev–Trinajstić information content (AvgIpc) is 2.59. The summed E-state index contributed by atoms with van der Waals surface area (Å²) < 4.78 is 12.8. The van der Waals surface area contributed by atoms with Gasteiger partial charge >= 0.3 is 0 Å². The fourth-order valence-corrected chi connectivity index (χ4v) is 2.36. The molecule has 2 rings (SSSR count). The molecule has 0 fully saturated rings. The van der Waals surface area contributed by atoms with Gasteiger partial charge in [-0.15, -0.1) is 0 Å². The van der Waals surface area contributed by atoms with Gasteiger partial charge in [0.05, 0.1) is 12.0 Å². The number of amides is 2. The van der Waals surface area contributed by atoms with Crippen LogP contribution in [0.1, 0.15) is 29.3 Å². The van der Waals surface area contributed by atoms with Crippen LogP contribution < -0.4 is 10.6 Å². The van der Waals surface area contributed by atoms with Gasteiger partial charge in [-0.3, -0.25) is 9.59 Å². The van der Waals surface area contributed by atoms with E-state index >= 15 is 0 Å². The van der Waals surface area contributed by atoms with Gasteiger partial charge in [0.25, 0.3) is 5.91 Å². The lowest BCUT2D eigenvalue weighted by molar-refractivity contribution is -0.125. The molecule has 0 aliphatic rings. The van der Waals surface area contributed by atoms with Crippen LogP contribution >= 0.6 is 0 Å². The molecule has 132 valence electrons. The number of carbonyl (C=O) groups excluding carboxylic acids is 2. The van der Waals surface area contributed by atoms with Gasteiger partial charge in [0.1, 0.15) is 5.82 Å². The number of carbonyl (C=O) groups is 2. The Morgan fingerprint density at radius 1 is 1.00 bits per heavy atom. The summed E-state index contributed by atoms with van der Waals surface area (Å²) in [7, 11) is 0. The predicted molar refractivity (Wildman–Crippen MR) is 92.4 cm³/mol. The van der Waals surface area contributed by atoms with Crippen molar-refractivity contribution in [3.8, 4) is 0 Å². The van der Waals surface area contributed by atoms with Crippen LogP contribution in [0, 0.1) is 5.82 Å². The highest BCUT2D eigenvalue weighted by atomic mass is 19.1. The first kappa shape index (κ1) is 18.6. The van der Waals surface area contributed by atoms with E-state index in [2.05, 4.69) is 10.6 Å². The number of nitrogens with one attached hydrogen (secondary N) is 2. The summed E-state index contributed by atoms with van der Waals surface area (Å²) in [5.41, 5.74) is -0.252. The largest absolute Gasteiger partial charge is 0.385 e. The first-order valence-electron chi connectivity index (χ1n) is 7.97. The molecule has 0 saturated heterocycles. The van der Waals surface area contributed by atoms with E-state index in [1.165, 1.54) is 24.3 Å². The van der Waals surface area contributed by atoms with Gasteiger partial charge in [0.2, 0.25) is 5.91 Å². The summed E-state index contributed by atoms with van der Waals surface area (Å²) in [5, 5.41) is 15.7. The van der Waals surface area contributed by atoms with E-state index in [1.54, 1.807) is 31.2 Å². The molecule has 0 aliphatic carbocycles. The lowest BCUT2D eigenvalue weighted by Gasteiger charge is -2.23. The summed E-state index contributed by atoms with van der Waals surface area (Å²) in [6.45, 7) is 2.05. The Bertz CT molecular complexity index is 715. The standard InChI is InChI=1S/C19H21FN2O3/c1-19(25,15-5-3-2-4-6-15)13-17(23)21-11-12-22-18(24)14-7-9-16(20)10-8-14/h2-10,25H,11-13H2,1H3,(H,21,23)(H,22,24). The van der Waals surface area contributed by atoms with Gasteiger partial charge in [0, 0.05) is 18.7 Å². The third kappa shape index (κ3) is 5.69. The molecule has 1 atom stereocenters. The van der Waals surface area contributed by atoms with Crippen LogP contribution in [0.2, 0.25) is 0 Å². The first-order valence-corrected chi connectivity index (χ1v) is 7.97. The van der Waals surface area contributed by atoms with Crippen LogP contribution in [0.25, 0.3) is 0 Å². The van der Waals surface area contributed by atoms with E-state index < -0.39 is 11.4 Å². The molecule has 2 aromatic rings. The van der Waals surface area contributed by atoms with Crippen molar-refractivity contribution in [2.75, 3.05) is 13.1 Å². The molecule has 0 aromatic heterocycles. The highest BCUT2D eigenvalue weighted by Gasteiger charge is 2.26. The van der Waals surface area contributed by atoms with Crippen molar-refractivity contribution in [3.63, 3.8) is 0 Å². The number of hydrogen-bond donors (Lipinski definition) is 3.